The highest BCUT2D eigenvalue weighted by Gasteiger charge is 2.40. The van der Waals surface area contributed by atoms with E-state index in [9.17, 15) is 23.1 Å². The summed E-state index contributed by atoms with van der Waals surface area (Å²) >= 11 is 0. The summed E-state index contributed by atoms with van der Waals surface area (Å²) in [6, 6.07) is 4.68. The number of hydrogen-bond acceptors (Lipinski definition) is 9. The lowest BCUT2D eigenvalue weighted by molar-refractivity contribution is -0.141. The van der Waals surface area contributed by atoms with Crippen molar-refractivity contribution < 1.29 is 27.8 Å². The lowest BCUT2D eigenvalue weighted by Crippen LogP contribution is -2.55. The standard InChI is InChI=1S/C23H22F3N7O3/c1-32-16(12-34)21(35)33-8-2-3-15-19(33)20(32)31-22(30-15)29-10-13-4-7-18(28-9-13)36-14-5-6-17(27-11-14)23(24,25)26/h4-7,9,11,16,34H,2-3,8,10,12H2,1H3,(H,29,30,31)/t16-/m0/s1. The molecule has 0 bridgehead atoms. The van der Waals surface area contributed by atoms with Gasteiger partial charge in [-0.05, 0) is 30.5 Å². The average Bonchev–Trinajstić information content (AvgIpc) is 2.87. The van der Waals surface area contributed by atoms with Crippen molar-refractivity contribution in [2.75, 3.05) is 35.3 Å². The maximum atomic E-state index is 12.7. The van der Waals surface area contributed by atoms with Crippen LogP contribution < -0.4 is 19.9 Å². The number of alkyl halides is 3. The molecule has 10 nitrogen and oxygen atoms in total. The Kier molecular flexibility index (Phi) is 6.08. The molecule has 188 valence electrons. The molecule has 3 aromatic heterocycles. The first-order chi connectivity index (χ1) is 17.2. The van der Waals surface area contributed by atoms with Crippen LogP contribution in [0, 0.1) is 0 Å². The average molecular weight is 501 g/mol. The molecule has 1 amide bonds. The minimum atomic E-state index is -4.52. The number of amides is 1. The van der Waals surface area contributed by atoms with E-state index in [0.29, 0.717) is 37.0 Å². The molecule has 0 spiro atoms. The van der Waals surface area contributed by atoms with Gasteiger partial charge >= 0.3 is 6.18 Å². The number of nitrogens with zero attached hydrogens (tertiary/aromatic N) is 6. The number of hydrogen-bond donors (Lipinski definition) is 2. The molecule has 5 rings (SSSR count). The number of aryl methyl sites for hydroxylation is 1. The number of pyridine rings is 2. The summed E-state index contributed by atoms with van der Waals surface area (Å²) in [5.74, 6) is 1.16. The molecule has 2 N–H and O–H groups in total. The third kappa shape index (κ3) is 4.49. The van der Waals surface area contributed by atoms with Crippen molar-refractivity contribution in [3.63, 3.8) is 0 Å². The maximum Gasteiger partial charge on any atom is 0.433 e. The normalized spacial score (nSPS) is 17.1. The van der Waals surface area contributed by atoms with Gasteiger partial charge in [-0.15, -0.1) is 0 Å². The first kappa shape index (κ1) is 23.7. The van der Waals surface area contributed by atoms with E-state index in [0.717, 1.165) is 29.9 Å². The van der Waals surface area contributed by atoms with Gasteiger partial charge in [0.2, 0.25) is 11.8 Å². The number of halogens is 3. The predicted molar refractivity (Wildman–Crippen MR) is 123 cm³/mol. The fourth-order valence-corrected chi connectivity index (χ4v) is 4.18. The van der Waals surface area contributed by atoms with Gasteiger partial charge in [0.15, 0.2) is 5.82 Å². The number of anilines is 3. The van der Waals surface area contributed by atoms with E-state index in [4.69, 9.17) is 4.74 Å². The van der Waals surface area contributed by atoms with Crippen LogP contribution in [0.2, 0.25) is 0 Å². The Morgan fingerprint density at radius 3 is 2.67 bits per heavy atom. The van der Waals surface area contributed by atoms with E-state index in [1.165, 1.54) is 6.07 Å². The van der Waals surface area contributed by atoms with Crippen LogP contribution >= 0.6 is 0 Å². The van der Waals surface area contributed by atoms with Gasteiger partial charge in [-0.2, -0.15) is 18.2 Å². The number of likely N-dealkylation sites (N-methyl/N-ethyl adjacent to an activating group) is 1. The van der Waals surface area contributed by atoms with Gasteiger partial charge in [0.05, 0.1) is 18.5 Å². The summed E-state index contributed by atoms with van der Waals surface area (Å²) in [5.41, 5.74) is 1.27. The van der Waals surface area contributed by atoms with E-state index in [2.05, 4.69) is 25.3 Å². The number of rotatable bonds is 6. The maximum absolute atomic E-state index is 12.7. The molecule has 0 radical (unpaired) electrons. The summed E-state index contributed by atoms with van der Waals surface area (Å²) in [6.45, 7) is 0.612. The van der Waals surface area contributed by atoms with Crippen LogP contribution in [0.1, 0.15) is 23.4 Å². The van der Waals surface area contributed by atoms with Crippen LogP contribution in [0.25, 0.3) is 0 Å². The van der Waals surface area contributed by atoms with Gasteiger partial charge in [-0.25, -0.2) is 15.0 Å². The van der Waals surface area contributed by atoms with Crippen LogP contribution in [0.4, 0.5) is 30.6 Å². The molecule has 0 saturated heterocycles. The van der Waals surface area contributed by atoms with Crippen LogP contribution in [0.3, 0.4) is 0 Å². The largest absolute Gasteiger partial charge is 0.437 e. The number of carbonyl (C=O) groups excluding carboxylic acids is 1. The van der Waals surface area contributed by atoms with Gasteiger partial charge in [0, 0.05) is 32.4 Å². The van der Waals surface area contributed by atoms with Gasteiger partial charge in [0.1, 0.15) is 23.2 Å². The van der Waals surface area contributed by atoms with Crippen LogP contribution in [-0.4, -0.2) is 57.2 Å². The highest BCUT2D eigenvalue weighted by Crippen LogP contribution is 2.39. The lowest BCUT2D eigenvalue weighted by Gasteiger charge is -2.42. The molecule has 2 aliphatic rings. The Bertz CT molecular complexity index is 1270. The second-order valence-corrected chi connectivity index (χ2v) is 8.41. The SMILES string of the molecule is CN1c2nc(NCc3ccc(Oc4ccc(C(F)(F)F)nc4)nc3)nc3c2N(CCC3)C(=O)[C@@H]1CO. The Hall–Kier alpha value is -4.00. The molecule has 0 aliphatic carbocycles. The molecule has 2 aliphatic heterocycles. The van der Waals surface area contributed by atoms with Gasteiger partial charge in [-0.1, -0.05) is 6.07 Å². The smallest absolute Gasteiger partial charge is 0.433 e. The molecular formula is C23H22F3N7O3. The summed E-state index contributed by atoms with van der Waals surface area (Å²) in [6.07, 6.45) is -0.467. The Morgan fingerprint density at radius 1 is 1.17 bits per heavy atom. The highest BCUT2D eigenvalue weighted by atomic mass is 19.4. The summed E-state index contributed by atoms with van der Waals surface area (Å²) in [7, 11) is 1.73. The van der Waals surface area contributed by atoms with Crippen LogP contribution in [0.5, 0.6) is 11.6 Å². The number of aromatic nitrogens is 4. The number of aliphatic hydroxyl groups is 1. The monoisotopic (exact) mass is 501 g/mol. The topological polar surface area (TPSA) is 117 Å². The van der Waals surface area contributed by atoms with E-state index in [1.54, 1.807) is 35.2 Å². The minimum absolute atomic E-state index is 0.135. The zero-order valence-electron chi connectivity index (χ0n) is 19.2. The van der Waals surface area contributed by atoms with E-state index < -0.39 is 17.9 Å². The van der Waals surface area contributed by atoms with Crippen LogP contribution in [-0.2, 0) is 23.9 Å². The number of nitrogens with one attached hydrogen (secondary N) is 1. The Morgan fingerprint density at radius 2 is 2.00 bits per heavy atom. The lowest BCUT2D eigenvalue weighted by atomic mass is 10.0. The van der Waals surface area contributed by atoms with E-state index in [-0.39, 0.29) is 24.1 Å². The first-order valence-electron chi connectivity index (χ1n) is 11.2. The van der Waals surface area contributed by atoms with Crippen molar-refractivity contribution >= 4 is 23.4 Å². The van der Waals surface area contributed by atoms with Gasteiger partial charge in [0.25, 0.3) is 5.91 Å². The van der Waals surface area contributed by atoms with Crippen molar-refractivity contribution in [2.24, 2.45) is 0 Å². The van der Waals surface area contributed by atoms with Crippen molar-refractivity contribution in [1.82, 2.24) is 19.9 Å². The molecule has 13 heteroatoms. The molecule has 0 unspecified atom stereocenters. The van der Waals surface area contributed by atoms with Crippen molar-refractivity contribution in [1.29, 1.82) is 0 Å². The molecule has 0 aromatic carbocycles. The van der Waals surface area contributed by atoms with E-state index >= 15 is 0 Å². The molecule has 3 aromatic rings. The number of carbonyl (C=O) groups is 1. The highest BCUT2D eigenvalue weighted by molar-refractivity contribution is 6.05. The van der Waals surface area contributed by atoms with Crippen molar-refractivity contribution in [3.05, 3.63) is 53.6 Å². The fourth-order valence-electron chi connectivity index (χ4n) is 4.18. The number of aliphatic hydroxyl groups excluding tert-OH is 1. The Labute approximate surface area is 203 Å². The van der Waals surface area contributed by atoms with E-state index in [1.807, 2.05) is 0 Å². The second-order valence-electron chi connectivity index (χ2n) is 8.41. The van der Waals surface area contributed by atoms with Crippen molar-refractivity contribution in [2.45, 2.75) is 31.6 Å². The fraction of sp³-hybridized carbons (Fsp3) is 0.348. The summed E-state index contributed by atoms with van der Waals surface area (Å²) in [5, 5.41) is 12.9. The first-order valence-corrected chi connectivity index (χ1v) is 11.2. The second kappa shape index (κ2) is 9.22. The van der Waals surface area contributed by atoms with Crippen LogP contribution in [0.15, 0.2) is 36.7 Å². The molecule has 1 atom stereocenters. The zero-order chi connectivity index (χ0) is 25.4. The number of ether oxygens (including phenoxy) is 1. The molecule has 5 heterocycles. The summed E-state index contributed by atoms with van der Waals surface area (Å²) < 4.78 is 43.4. The Balaban J connectivity index is 1.27. The molecule has 0 saturated carbocycles. The van der Waals surface area contributed by atoms with Crippen molar-refractivity contribution in [3.8, 4) is 11.6 Å². The van der Waals surface area contributed by atoms with Gasteiger partial charge < -0.3 is 25.0 Å². The quantitative estimate of drug-likeness (QED) is 0.526. The third-order valence-electron chi connectivity index (χ3n) is 6.03. The molecule has 0 fully saturated rings. The third-order valence-corrected chi connectivity index (χ3v) is 6.03. The minimum Gasteiger partial charge on any atom is -0.437 e. The predicted octanol–water partition coefficient (Wildman–Crippen LogP) is 2.78. The van der Waals surface area contributed by atoms with Gasteiger partial charge in [-0.3, -0.25) is 4.79 Å². The zero-order valence-corrected chi connectivity index (χ0v) is 19.2. The molecule has 36 heavy (non-hydrogen) atoms. The molecular weight excluding hydrogens is 479 g/mol. The summed E-state index contributed by atoms with van der Waals surface area (Å²) in [4.78, 5) is 32.8.